The van der Waals surface area contributed by atoms with E-state index in [0.29, 0.717) is 0 Å². The van der Waals surface area contributed by atoms with Crippen LogP contribution in [0.5, 0.6) is 0 Å². The van der Waals surface area contributed by atoms with Crippen molar-refractivity contribution in [3.63, 3.8) is 0 Å². The molecule has 1 heterocycles. The third-order valence-electron chi connectivity index (χ3n) is 3.43. The zero-order valence-corrected chi connectivity index (χ0v) is 13.6. The van der Waals surface area contributed by atoms with Crippen molar-refractivity contribution in [1.29, 1.82) is 15.8 Å². The van der Waals surface area contributed by atoms with Crippen LogP contribution in [0.4, 0.5) is 5.69 Å². The number of benzene rings is 1. The molecular formula is C18H11N5O3. The number of nitro groups is 1. The zero-order valence-electron chi connectivity index (χ0n) is 13.6. The quantitative estimate of drug-likeness (QED) is 0.385. The number of hydrogen-bond donors (Lipinski definition) is 1. The Morgan fingerprint density at radius 1 is 1.19 bits per heavy atom. The minimum absolute atomic E-state index is 0.106. The van der Waals surface area contributed by atoms with Crippen LogP contribution >= 0.6 is 0 Å². The maximum atomic E-state index is 11.2. The van der Waals surface area contributed by atoms with Gasteiger partial charge in [-0.2, -0.15) is 15.8 Å². The predicted molar refractivity (Wildman–Crippen MR) is 91.6 cm³/mol. The average Bonchev–Trinajstić information content (AvgIpc) is 3.08. The Labute approximate surface area is 148 Å². The first-order chi connectivity index (χ1) is 12.4. The molecule has 0 amide bonds. The van der Waals surface area contributed by atoms with Crippen molar-refractivity contribution in [1.82, 2.24) is 0 Å². The summed E-state index contributed by atoms with van der Waals surface area (Å²) in [5, 5.41) is 38.1. The molecule has 0 aliphatic carbocycles. The molecule has 8 heteroatoms. The molecule has 8 nitrogen and oxygen atoms in total. The van der Waals surface area contributed by atoms with Gasteiger partial charge in [0.2, 0.25) is 0 Å². The number of hydrogen-bond acceptors (Lipinski definition) is 7. The molecule has 0 saturated heterocycles. The second-order valence-corrected chi connectivity index (χ2v) is 5.16. The van der Waals surface area contributed by atoms with Crippen molar-refractivity contribution in [3.05, 3.63) is 68.6 Å². The van der Waals surface area contributed by atoms with Gasteiger partial charge in [0.1, 0.15) is 29.7 Å². The highest BCUT2D eigenvalue weighted by Crippen LogP contribution is 2.32. The maximum absolute atomic E-state index is 11.2. The molecule has 2 aromatic rings. The van der Waals surface area contributed by atoms with E-state index in [1.165, 1.54) is 24.3 Å². The van der Waals surface area contributed by atoms with Crippen LogP contribution in [0.2, 0.25) is 0 Å². The summed E-state index contributed by atoms with van der Waals surface area (Å²) in [7, 11) is 0. The molecule has 0 spiro atoms. The fraction of sp³-hybridized carbons (Fsp3) is 0.0556. The first kappa shape index (κ1) is 18.0. The molecule has 0 atom stereocenters. The molecule has 0 aliphatic rings. The molecule has 0 radical (unpaired) electrons. The molecule has 1 aromatic carbocycles. The molecule has 1 aromatic heterocycles. The summed E-state index contributed by atoms with van der Waals surface area (Å²) in [5.41, 5.74) is 5.79. The van der Waals surface area contributed by atoms with Crippen molar-refractivity contribution < 1.29 is 9.34 Å². The highest BCUT2D eigenvalue weighted by molar-refractivity contribution is 5.72. The third kappa shape index (κ3) is 3.59. The van der Waals surface area contributed by atoms with E-state index >= 15 is 0 Å². The summed E-state index contributed by atoms with van der Waals surface area (Å²) < 4.78 is 5.55. The molecule has 126 valence electrons. The van der Waals surface area contributed by atoms with Gasteiger partial charge in [0.25, 0.3) is 5.69 Å². The molecule has 26 heavy (non-hydrogen) atoms. The van der Waals surface area contributed by atoms with E-state index < -0.39 is 10.5 Å². The standard InChI is InChI=1S/C18H11N5O3/c1-11-2-4-15(16(6-11)23(24)25)17-5-3-14(26-17)7-12(8-19)18(22)13(9-20)10-21/h2-7H,22H2,1H3. The van der Waals surface area contributed by atoms with Crippen LogP contribution in [0.15, 0.2) is 51.6 Å². The lowest BCUT2D eigenvalue weighted by Gasteiger charge is -2.01. The molecule has 2 rings (SSSR count). The molecular weight excluding hydrogens is 334 g/mol. The van der Waals surface area contributed by atoms with Gasteiger partial charge in [0.05, 0.1) is 21.8 Å². The summed E-state index contributed by atoms with van der Waals surface area (Å²) in [4.78, 5) is 10.7. The summed E-state index contributed by atoms with van der Waals surface area (Å²) in [6, 6.07) is 12.7. The smallest absolute Gasteiger partial charge is 0.280 e. The van der Waals surface area contributed by atoms with Crippen molar-refractivity contribution in [2.45, 2.75) is 6.92 Å². The Morgan fingerprint density at radius 2 is 1.88 bits per heavy atom. The second kappa shape index (κ2) is 7.48. The van der Waals surface area contributed by atoms with Gasteiger partial charge in [-0.3, -0.25) is 10.1 Å². The Hall–Kier alpha value is -4.35. The van der Waals surface area contributed by atoms with E-state index in [4.69, 9.17) is 20.7 Å². The number of nitrogens with two attached hydrogens (primary N) is 1. The Kier molecular flexibility index (Phi) is 5.18. The molecule has 2 N–H and O–H groups in total. The van der Waals surface area contributed by atoms with Gasteiger partial charge in [-0.15, -0.1) is 0 Å². The number of rotatable bonds is 4. The first-order valence-electron chi connectivity index (χ1n) is 7.18. The van der Waals surface area contributed by atoms with E-state index in [0.717, 1.165) is 5.56 Å². The van der Waals surface area contributed by atoms with Gasteiger partial charge >= 0.3 is 0 Å². The number of furan rings is 1. The van der Waals surface area contributed by atoms with Crippen molar-refractivity contribution in [2.24, 2.45) is 5.73 Å². The number of nitro benzene ring substituents is 1. The van der Waals surface area contributed by atoms with Gasteiger partial charge < -0.3 is 10.2 Å². The van der Waals surface area contributed by atoms with Gasteiger partial charge in [-0.1, -0.05) is 6.07 Å². The van der Waals surface area contributed by atoms with E-state index in [9.17, 15) is 15.4 Å². The van der Waals surface area contributed by atoms with Crippen LogP contribution in [0.25, 0.3) is 17.4 Å². The van der Waals surface area contributed by atoms with Crippen LogP contribution in [0.3, 0.4) is 0 Å². The summed E-state index contributed by atoms with van der Waals surface area (Å²) >= 11 is 0. The van der Waals surface area contributed by atoms with Crippen LogP contribution in [0, 0.1) is 51.0 Å². The molecule has 0 saturated carbocycles. The highest BCUT2D eigenvalue weighted by Gasteiger charge is 2.18. The highest BCUT2D eigenvalue weighted by atomic mass is 16.6. The lowest BCUT2D eigenvalue weighted by atomic mass is 10.1. The van der Waals surface area contributed by atoms with Gasteiger partial charge in [0, 0.05) is 12.1 Å². The number of aryl methyl sites for hydroxylation is 1. The number of allylic oxidation sites excluding steroid dienone is 2. The monoisotopic (exact) mass is 345 g/mol. The average molecular weight is 345 g/mol. The minimum atomic E-state index is -0.506. The zero-order chi connectivity index (χ0) is 19.3. The molecule has 0 fully saturated rings. The van der Waals surface area contributed by atoms with Crippen molar-refractivity contribution >= 4 is 11.8 Å². The van der Waals surface area contributed by atoms with Crippen LogP contribution in [0.1, 0.15) is 11.3 Å². The van der Waals surface area contributed by atoms with E-state index in [2.05, 4.69) is 0 Å². The summed E-state index contributed by atoms with van der Waals surface area (Å²) in [6.07, 6.45) is 1.26. The summed E-state index contributed by atoms with van der Waals surface area (Å²) in [5.74, 6) is 0.438. The van der Waals surface area contributed by atoms with Crippen molar-refractivity contribution in [3.8, 4) is 29.5 Å². The Balaban J connectivity index is 2.51. The lowest BCUT2D eigenvalue weighted by Crippen LogP contribution is -2.03. The number of nitriles is 3. The van der Waals surface area contributed by atoms with Gasteiger partial charge in [-0.05, 0) is 30.7 Å². The molecule has 0 bridgehead atoms. The summed E-state index contributed by atoms with van der Waals surface area (Å²) in [6.45, 7) is 1.74. The first-order valence-corrected chi connectivity index (χ1v) is 7.18. The van der Waals surface area contributed by atoms with Gasteiger partial charge in [0.15, 0.2) is 5.57 Å². The van der Waals surface area contributed by atoms with E-state index in [-0.39, 0.29) is 34.0 Å². The topological polar surface area (TPSA) is 154 Å². The van der Waals surface area contributed by atoms with Crippen molar-refractivity contribution in [2.75, 3.05) is 0 Å². The van der Waals surface area contributed by atoms with E-state index in [1.54, 1.807) is 37.3 Å². The van der Waals surface area contributed by atoms with Crippen LogP contribution in [-0.2, 0) is 0 Å². The maximum Gasteiger partial charge on any atom is 0.280 e. The van der Waals surface area contributed by atoms with Gasteiger partial charge in [-0.25, -0.2) is 0 Å². The SMILES string of the molecule is Cc1ccc(-c2ccc(C=C(C#N)C(N)=C(C#N)C#N)o2)c([N+](=O)[O-])c1. The predicted octanol–water partition coefficient (Wildman–Crippen LogP) is 3.33. The van der Waals surface area contributed by atoms with E-state index in [1.807, 2.05) is 0 Å². The van der Waals surface area contributed by atoms with Crippen LogP contribution < -0.4 is 5.73 Å². The normalized spacial score (nSPS) is 10.3. The number of nitrogens with zero attached hydrogens (tertiary/aromatic N) is 4. The molecule has 0 aliphatic heterocycles. The largest absolute Gasteiger partial charge is 0.456 e. The third-order valence-corrected chi connectivity index (χ3v) is 3.43. The Morgan fingerprint density at radius 3 is 2.46 bits per heavy atom. The second-order valence-electron chi connectivity index (χ2n) is 5.16. The minimum Gasteiger partial charge on any atom is -0.456 e. The fourth-order valence-corrected chi connectivity index (χ4v) is 2.17. The fourth-order valence-electron chi connectivity index (χ4n) is 2.17. The molecule has 0 unspecified atom stereocenters. The van der Waals surface area contributed by atoms with Crippen LogP contribution in [-0.4, -0.2) is 4.92 Å². The lowest BCUT2D eigenvalue weighted by molar-refractivity contribution is -0.384. The Bertz CT molecular complexity index is 1060.